The van der Waals surface area contributed by atoms with Crippen LogP contribution in [0.25, 0.3) is 0 Å². The van der Waals surface area contributed by atoms with Crippen molar-refractivity contribution in [3.63, 3.8) is 0 Å². The van der Waals surface area contributed by atoms with Crippen molar-refractivity contribution < 1.29 is 47.1 Å². The van der Waals surface area contributed by atoms with Crippen LogP contribution in [0.2, 0.25) is 0 Å². The van der Waals surface area contributed by atoms with E-state index in [9.17, 15) is 0 Å². The van der Waals surface area contributed by atoms with Crippen molar-refractivity contribution >= 4 is 10.4 Å². The Morgan fingerprint density at radius 1 is 0.750 bits per heavy atom. The van der Waals surface area contributed by atoms with E-state index in [1.807, 2.05) is 0 Å². The first-order valence-corrected chi connectivity index (χ1v) is 8.71. The second-order valence-corrected chi connectivity index (χ2v) is 5.61. The van der Waals surface area contributed by atoms with Crippen LogP contribution in [-0.4, -0.2) is 17.5 Å². The van der Waals surface area contributed by atoms with Crippen molar-refractivity contribution in [3.05, 3.63) is 6.92 Å². The second kappa shape index (κ2) is 19.9. The van der Waals surface area contributed by atoms with Gasteiger partial charge in [0.05, 0.1) is 0 Å². The van der Waals surface area contributed by atoms with Gasteiger partial charge in [-0.05, 0) is 0 Å². The van der Waals surface area contributed by atoms with E-state index in [1.165, 1.54) is 70.6 Å². The molecule has 6 heteroatoms. The van der Waals surface area contributed by atoms with Crippen molar-refractivity contribution in [2.75, 3.05) is 0 Å². The zero-order valence-electron chi connectivity index (χ0n) is 13.2. The summed E-state index contributed by atoms with van der Waals surface area (Å²) in [5.41, 5.74) is 0. The van der Waals surface area contributed by atoms with Crippen LogP contribution in [0.1, 0.15) is 84.0 Å². The minimum Gasteiger partial charge on any atom is -0.759 e. The van der Waals surface area contributed by atoms with E-state index in [2.05, 4.69) is 13.8 Å². The Balaban J connectivity index is -0.000000414. The van der Waals surface area contributed by atoms with Crippen LogP contribution < -0.4 is 29.6 Å². The molecule has 0 amide bonds. The molecule has 0 heterocycles. The Morgan fingerprint density at radius 2 is 1.00 bits per heavy atom. The number of hydrogen-bond donors (Lipinski definition) is 0. The Kier molecular flexibility index (Phi) is 25.6. The van der Waals surface area contributed by atoms with E-state index in [1.54, 1.807) is 0 Å². The molecule has 0 aliphatic carbocycles. The first kappa shape index (κ1) is 25.8. The molecule has 0 N–H and O–H groups in total. The molecule has 0 bridgehead atoms. The Labute approximate surface area is 148 Å². The largest absolute Gasteiger partial charge is 1.00 e. The Morgan fingerprint density at radius 3 is 1.25 bits per heavy atom. The molecular formula is C14H29NaO4S-2. The maximum Gasteiger partial charge on any atom is 1.00 e. The number of unbranched alkanes of at least 4 members (excludes halogenated alkanes) is 11. The van der Waals surface area contributed by atoms with Crippen LogP contribution in [-0.2, 0) is 10.4 Å². The maximum atomic E-state index is 8.52. The topological polar surface area (TPSA) is 80.3 Å². The van der Waals surface area contributed by atoms with Crippen molar-refractivity contribution in [1.82, 2.24) is 0 Å². The quantitative estimate of drug-likeness (QED) is 0.188. The van der Waals surface area contributed by atoms with Gasteiger partial charge >= 0.3 is 29.6 Å². The molecule has 0 aliphatic heterocycles. The van der Waals surface area contributed by atoms with E-state index in [0.717, 1.165) is 6.42 Å². The molecule has 0 aromatic rings. The molecule has 0 saturated carbocycles. The predicted octanol–water partition coefficient (Wildman–Crippen LogP) is 1.19. The van der Waals surface area contributed by atoms with Gasteiger partial charge in [-0.25, -0.2) is 0 Å². The van der Waals surface area contributed by atoms with Crippen LogP contribution in [0.4, 0.5) is 0 Å². The molecule has 0 aromatic carbocycles. The summed E-state index contributed by atoms with van der Waals surface area (Å²) < 4.78 is 34.1. The monoisotopic (exact) mass is 316 g/mol. The maximum absolute atomic E-state index is 8.52. The average Bonchev–Trinajstić information content (AvgIpc) is 2.29. The van der Waals surface area contributed by atoms with E-state index < -0.39 is 10.4 Å². The fraction of sp³-hybridized carbons (Fsp3) is 0.929. The van der Waals surface area contributed by atoms with E-state index in [4.69, 9.17) is 17.5 Å². The van der Waals surface area contributed by atoms with Crippen molar-refractivity contribution in [3.8, 4) is 0 Å². The summed E-state index contributed by atoms with van der Waals surface area (Å²) in [7, 11) is -5.17. The van der Waals surface area contributed by atoms with E-state index >= 15 is 0 Å². The first-order valence-electron chi connectivity index (χ1n) is 7.37. The smallest absolute Gasteiger partial charge is 0.759 e. The Bertz CT molecular complexity index is 236. The van der Waals surface area contributed by atoms with Gasteiger partial charge in [-0.1, -0.05) is 77.6 Å². The van der Waals surface area contributed by atoms with Gasteiger partial charge in [-0.2, -0.15) is 6.42 Å². The predicted molar refractivity (Wildman–Crippen MR) is 76.9 cm³/mol. The van der Waals surface area contributed by atoms with Gasteiger partial charge in [0.2, 0.25) is 0 Å². The molecule has 0 fully saturated rings. The molecule has 0 unspecified atom stereocenters. The van der Waals surface area contributed by atoms with Crippen LogP contribution in [0, 0.1) is 6.92 Å². The van der Waals surface area contributed by atoms with Gasteiger partial charge < -0.3 is 16.0 Å². The summed E-state index contributed by atoms with van der Waals surface area (Å²) in [6, 6.07) is 0. The molecule has 4 nitrogen and oxygen atoms in total. The zero-order valence-corrected chi connectivity index (χ0v) is 16.1. The molecule has 0 radical (unpaired) electrons. The van der Waals surface area contributed by atoms with Crippen LogP contribution in [0.3, 0.4) is 0 Å². The van der Waals surface area contributed by atoms with Gasteiger partial charge in [0, 0.05) is 10.4 Å². The number of rotatable bonds is 11. The van der Waals surface area contributed by atoms with Crippen LogP contribution in [0.15, 0.2) is 0 Å². The van der Waals surface area contributed by atoms with Gasteiger partial charge in [0.25, 0.3) is 0 Å². The standard InChI is InChI=1S/C14H29.Na.H2O4S/c1-3-5-7-9-11-13-14-12-10-8-6-4-2;;1-5(2,3)4/h1,3-14H2,2H3;;(H2,1,2,3,4)/q-1;+1;/p-2. The summed E-state index contributed by atoms with van der Waals surface area (Å²) in [4.78, 5) is 0. The normalized spacial score (nSPS) is 10.4. The van der Waals surface area contributed by atoms with Gasteiger partial charge in [-0.15, -0.1) is 0 Å². The minimum absolute atomic E-state index is 0. The van der Waals surface area contributed by atoms with Crippen LogP contribution >= 0.6 is 0 Å². The SMILES string of the molecule is O=S(=O)([O-])[O-].[CH2-]CCCCCCCCCCCCC.[Na+]. The molecule has 0 atom stereocenters. The van der Waals surface area contributed by atoms with Gasteiger partial charge in [-0.3, -0.25) is 8.42 Å². The second-order valence-electron chi connectivity index (χ2n) is 4.80. The third-order valence-electron chi connectivity index (χ3n) is 2.85. The van der Waals surface area contributed by atoms with E-state index in [-0.39, 0.29) is 29.6 Å². The summed E-state index contributed by atoms with van der Waals surface area (Å²) in [5, 5.41) is 0. The van der Waals surface area contributed by atoms with Gasteiger partial charge in [0.15, 0.2) is 0 Å². The Hall–Kier alpha value is 0.870. The first-order chi connectivity index (χ1) is 8.91. The fourth-order valence-electron chi connectivity index (χ4n) is 1.84. The molecule has 0 spiro atoms. The summed E-state index contributed by atoms with van der Waals surface area (Å²) in [5.74, 6) is 0. The molecule has 0 aliphatic rings. The third-order valence-corrected chi connectivity index (χ3v) is 2.85. The summed E-state index contributed by atoms with van der Waals surface area (Å²) in [6.45, 7) is 6.14. The van der Waals surface area contributed by atoms with Crippen molar-refractivity contribution in [2.24, 2.45) is 0 Å². The molecule has 0 aromatic heterocycles. The molecule has 0 rings (SSSR count). The van der Waals surface area contributed by atoms with Crippen molar-refractivity contribution in [1.29, 1.82) is 0 Å². The minimum atomic E-state index is -5.17. The molecule has 0 saturated heterocycles. The van der Waals surface area contributed by atoms with E-state index in [0.29, 0.717) is 0 Å². The van der Waals surface area contributed by atoms with Crippen LogP contribution in [0.5, 0.6) is 0 Å². The molecule has 20 heavy (non-hydrogen) atoms. The summed E-state index contributed by atoms with van der Waals surface area (Å²) >= 11 is 0. The summed E-state index contributed by atoms with van der Waals surface area (Å²) in [6.07, 6.45) is 16.9. The fourth-order valence-corrected chi connectivity index (χ4v) is 1.84. The van der Waals surface area contributed by atoms with Gasteiger partial charge in [0.1, 0.15) is 0 Å². The average molecular weight is 316 g/mol. The molecular weight excluding hydrogens is 287 g/mol. The van der Waals surface area contributed by atoms with Crippen molar-refractivity contribution in [2.45, 2.75) is 84.0 Å². The zero-order chi connectivity index (χ0) is 15.0. The molecule has 118 valence electrons. The third kappa shape index (κ3) is 42.8. The number of hydrogen-bond acceptors (Lipinski definition) is 4.